The monoisotopic (exact) mass is 306 g/mol. The molecule has 0 bridgehead atoms. The molecule has 0 saturated heterocycles. The van der Waals surface area contributed by atoms with Gasteiger partial charge in [0.2, 0.25) is 0 Å². The predicted octanol–water partition coefficient (Wildman–Crippen LogP) is 1.26. The van der Waals surface area contributed by atoms with Crippen molar-refractivity contribution >= 4 is 11.8 Å². The molecule has 1 rings (SSSR count). The van der Waals surface area contributed by atoms with Crippen molar-refractivity contribution in [3.05, 3.63) is 35.9 Å². The second kappa shape index (κ2) is 8.54. The Morgan fingerprint density at radius 2 is 1.73 bits per heavy atom. The maximum atomic E-state index is 11.6. The first kappa shape index (κ1) is 18.2. The Morgan fingerprint density at radius 1 is 1.14 bits per heavy atom. The third kappa shape index (κ3) is 7.22. The molecule has 1 aromatic rings. The Labute approximate surface area is 132 Å². The highest BCUT2D eigenvalue weighted by molar-refractivity contribution is 6.35. The standard InChI is InChI=1S/C17H26N2O3/c1-13(2)11-18-15(20)16(21)19-12-17(3,22)10-9-14-7-5-4-6-8-14/h4-8,13,22H,9-12H2,1-3H3,(H,18,20)(H,19,21). The van der Waals surface area contributed by atoms with Gasteiger partial charge in [0.05, 0.1) is 5.60 Å². The number of nitrogens with one attached hydrogen (secondary N) is 2. The van der Waals surface area contributed by atoms with Crippen molar-refractivity contribution < 1.29 is 14.7 Å². The molecule has 0 aliphatic heterocycles. The summed E-state index contributed by atoms with van der Waals surface area (Å²) >= 11 is 0. The summed E-state index contributed by atoms with van der Waals surface area (Å²) in [7, 11) is 0. The van der Waals surface area contributed by atoms with Gasteiger partial charge in [-0.2, -0.15) is 0 Å². The summed E-state index contributed by atoms with van der Waals surface area (Å²) < 4.78 is 0. The van der Waals surface area contributed by atoms with E-state index < -0.39 is 17.4 Å². The van der Waals surface area contributed by atoms with E-state index in [0.717, 1.165) is 5.56 Å². The van der Waals surface area contributed by atoms with E-state index in [1.165, 1.54) is 0 Å². The zero-order valence-corrected chi connectivity index (χ0v) is 13.6. The van der Waals surface area contributed by atoms with Crippen molar-refractivity contribution in [2.45, 2.75) is 39.2 Å². The quantitative estimate of drug-likeness (QED) is 0.664. The van der Waals surface area contributed by atoms with Crippen molar-refractivity contribution in [3.63, 3.8) is 0 Å². The fraction of sp³-hybridized carbons (Fsp3) is 0.529. The highest BCUT2D eigenvalue weighted by Gasteiger charge is 2.23. The molecule has 122 valence electrons. The van der Waals surface area contributed by atoms with Crippen molar-refractivity contribution in [1.29, 1.82) is 0 Å². The van der Waals surface area contributed by atoms with Crippen LogP contribution in [0.5, 0.6) is 0 Å². The molecule has 22 heavy (non-hydrogen) atoms. The van der Waals surface area contributed by atoms with E-state index in [2.05, 4.69) is 10.6 Å². The number of hydrogen-bond acceptors (Lipinski definition) is 3. The first-order valence-corrected chi connectivity index (χ1v) is 7.62. The zero-order valence-electron chi connectivity index (χ0n) is 13.6. The number of carbonyl (C=O) groups is 2. The SMILES string of the molecule is CC(C)CNC(=O)C(=O)NCC(C)(O)CCc1ccccc1. The molecule has 1 atom stereocenters. The van der Waals surface area contributed by atoms with Crippen LogP contribution in [0.25, 0.3) is 0 Å². The van der Waals surface area contributed by atoms with Crippen LogP contribution in [-0.4, -0.2) is 35.6 Å². The molecule has 2 amide bonds. The van der Waals surface area contributed by atoms with E-state index in [-0.39, 0.29) is 12.5 Å². The molecule has 0 aromatic heterocycles. The number of aryl methyl sites for hydroxylation is 1. The predicted molar refractivity (Wildman–Crippen MR) is 86.2 cm³/mol. The number of aliphatic hydroxyl groups is 1. The van der Waals surface area contributed by atoms with Crippen LogP contribution in [0.3, 0.4) is 0 Å². The summed E-state index contributed by atoms with van der Waals surface area (Å²) in [4.78, 5) is 23.2. The molecule has 0 spiro atoms. The topological polar surface area (TPSA) is 78.4 Å². The second-order valence-electron chi connectivity index (χ2n) is 6.27. The summed E-state index contributed by atoms with van der Waals surface area (Å²) in [6.45, 7) is 6.06. The maximum Gasteiger partial charge on any atom is 0.309 e. The lowest BCUT2D eigenvalue weighted by atomic mass is 9.97. The number of benzene rings is 1. The molecule has 1 aromatic carbocycles. The van der Waals surface area contributed by atoms with Crippen LogP contribution in [0, 0.1) is 5.92 Å². The molecular weight excluding hydrogens is 280 g/mol. The first-order chi connectivity index (χ1) is 10.3. The van der Waals surface area contributed by atoms with Gasteiger partial charge in [0, 0.05) is 13.1 Å². The third-order valence-electron chi connectivity index (χ3n) is 3.30. The number of amides is 2. The van der Waals surface area contributed by atoms with Crippen LogP contribution < -0.4 is 10.6 Å². The summed E-state index contributed by atoms with van der Waals surface area (Å²) in [5.74, 6) is -1.08. The van der Waals surface area contributed by atoms with E-state index >= 15 is 0 Å². The lowest BCUT2D eigenvalue weighted by Crippen LogP contribution is -2.47. The molecule has 0 aliphatic carbocycles. The Bertz CT molecular complexity index is 484. The van der Waals surface area contributed by atoms with Crippen molar-refractivity contribution in [1.82, 2.24) is 10.6 Å². The molecule has 0 heterocycles. The largest absolute Gasteiger partial charge is 0.388 e. The maximum absolute atomic E-state index is 11.6. The highest BCUT2D eigenvalue weighted by atomic mass is 16.3. The van der Waals surface area contributed by atoms with Crippen molar-refractivity contribution in [2.75, 3.05) is 13.1 Å². The second-order valence-corrected chi connectivity index (χ2v) is 6.27. The molecule has 0 fully saturated rings. The van der Waals surface area contributed by atoms with Gasteiger partial charge < -0.3 is 15.7 Å². The van der Waals surface area contributed by atoms with Gasteiger partial charge in [0.25, 0.3) is 0 Å². The van der Waals surface area contributed by atoms with E-state index in [0.29, 0.717) is 19.4 Å². The highest BCUT2D eigenvalue weighted by Crippen LogP contribution is 2.13. The average Bonchev–Trinajstić information content (AvgIpc) is 2.49. The van der Waals surface area contributed by atoms with Crippen LogP contribution in [0.4, 0.5) is 0 Å². The van der Waals surface area contributed by atoms with Crippen molar-refractivity contribution in [3.8, 4) is 0 Å². The fourth-order valence-electron chi connectivity index (χ4n) is 1.87. The lowest BCUT2D eigenvalue weighted by molar-refractivity contribution is -0.139. The molecule has 5 heteroatoms. The van der Waals surface area contributed by atoms with Gasteiger partial charge in [-0.15, -0.1) is 0 Å². The Hall–Kier alpha value is -1.88. The number of rotatable bonds is 7. The Balaban J connectivity index is 2.35. The zero-order chi connectivity index (χ0) is 16.6. The fourth-order valence-corrected chi connectivity index (χ4v) is 1.87. The molecule has 1 unspecified atom stereocenters. The van der Waals surface area contributed by atoms with E-state index in [1.54, 1.807) is 6.92 Å². The van der Waals surface area contributed by atoms with Gasteiger partial charge >= 0.3 is 11.8 Å². The van der Waals surface area contributed by atoms with Gasteiger partial charge in [-0.25, -0.2) is 0 Å². The van der Waals surface area contributed by atoms with Crippen LogP contribution in [0.2, 0.25) is 0 Å². The van der Waals surface area contributed by atoms with Crippen molar-refractivity contribution in [2.24, 2.45) is 5.92 Å². The average molecular weight is 306 g/mol. The molecule has 5 nitrogen and oxygen atoms in total. The van der Waals surface area contributed by atoms with Crippen LogP contribution in [0.15, 0.2) is 30.3 Å². The Morgan fingerprint density at radius 3 is 2.32 bits per heavy atom. The van der Waals surface area contributed by atoms with E-state index in [4.69, 9.17) is 0 Å². The molecule has 0 saturated carbocycles. The smallest absolute Gasteiger partial charge is 0.309 e. The first-order valence-electron chi connectivity index (χ1n) is 7.62. The molecular formula is C17H26N2O3. The summed E-state index contributed by atoms with van der Waals surface area (Å²) in [5, 5.41) is 15.3. The normalized spacial score (nSPS) is 13.5. The minimum Gasteiger partial charge on any atom is -0.388 e. The number of hydrogen-bond donors (Lipinski definition) is 3. The van der Waals surface area contributed by atoms with Crippen LogP contribution >= 0.6 is 0 Å². The Kier molecular flexibility index (Phi) is 7.05. The summed E-state index contributed by atoms with van der Waals surface area (Å²) in [6, 6.07) is 9.83. The van der Waals surface area contributed by atoms with E-state index in [9.17, 15) is 14.7 Å². The molecule has 0 radical (unpaired) electrons. The van der Waals surface area contributed by atoms with Gasteiger partial charge in [0.15, 0.2) is 0 Å². The van der Waals surface area contributed by atoms with E-state index in [1.807, 2.05) is 44.2 Å². The van der Waals surface area contributed by atoms with Crippen LogP contribution in [-0.2, 0) is 16.0 Å². The summed E-state index contributed by atoms with van der Waals surface area (Å²) in [5.41, 5.74) is 0.0767. The number of carbonyl (C=O) groups excluding carboxylic acids is 2. The van der Waals surface area contributed by atoms with Gasteiger partial charge in [-0.05, 0) is 31.2 Å². The van der Waals surface area contributed by atoms with Gasteiger partial charge in [-0.1, -0.05) is 44.2 Å². The lowest BCUT2D eigenvalue weighted by Gasteiger charge is -2.23. The van der Waals surface area contributed by atoms with Crippen LogP contribution in [0.1, 0.15) is 32.8 Å². The van der Waals surface area contributed by atoms with Gasteiger partial charge in [0.1, 0.15) is 0 Å². The third-order valence-corrected chi connectivity index (χ3v) is 3.30. The molecule has 3 N–H and O–H groups in total. The van der Waals surface area contributed by atoms with Gasteiger partial charge in [-0.3, -0.25) is 9.59 Å². The summed E-state index contributed by atoms with van der Waals surface area (Å²) in [6.07, 6.45) is 1.22. The molecule has 0 aliphatic rings. The minimum atomic E-state index is -1.05. The minimum absolute atomic E-state index is 0.0494.